The van der Waals surface area contributed by atoms with Crippen molar-refractivity contribution >= 4 is 11.7 Å². The van der Waals surface area contributed by atoms with Crippen LogP contribution in [0.25, 0.3) is 5.78 Å². The molecule has 26 heavy (non-hydrogen) atoms. The molecular weight excluding hydrogens is 326 g/mol. The quantitative estimate of drug-likeness (QED) is 0.657. The summed E-state index contributed by atoms with van der Waals surface area (Å²) in [6.07, 6.45) is 3.53. The van der Waals surface area contributed by atoms with E-state index in [0.717, 1.165) is 36.5 Å². The molecule has 0 aliphatic carbocycles. The fourth-order valence-corrected chi connectivity index (χ4v) is 3.28. The highest BCUT2D eigenvalue weighted by Crippen LogP contribution is 2.15. The Morgan fingerprint density at radius 1 is 1.15 bits per heavy atom. The molecule has 0 saturated heterocycles. The summed E-state index contributed by atoms with van der Waals surface area (Å²) in [7, 11) is 0. The second-order valence-electron chi connectivity index (χ2n) is 6.44. The van der Waals surface area contributed by atoms with Gasteiger partial charge in [-0.25, -0.2) is 9.50 Å². The summed E-state index contributed by atoms with van der Waals surface area (Å²) in [5.41, 5.74) is 4.26. The number of carbonyl (C=O) groups excluding carboxylic acids is 1. The Kier molecular flexibility index (Phi) is 5.61. The molecule has 1 aromatic carbocycles. The molecule has 0 bridgehead atoms. The summed E-state index contributed by atoms with van der Waals surface area (Å²) in [5, 5.41) is 4.21. The van der Waals surface area contributed by atoms with Crippen LogP contribution in [0.15, 0.2) is 36.7 Å². The van der Waals surface area contributed by atoms with Crippen molar-refractivity contribution in [2.45, 2.75) is 40.0 Å². The van der Waals surface area contributed by atoms with Crippen LogP contribution in [-0.2, 0) is 17.6 Å². The number of aromatic nitrogens is 4. The zero-order chi connectivity index (χ0) is 18.5. The van der Waals surface area contributed by atoms with Crippen molar-refractivity contribution in [3.05, 3.63) is 59.2 Å². The Morgan fingerprint density at radius 2 is 1.92 bits per heavy atom. The normalized spacial score (nSPS) is 11.0. The smallest absolute Gasteiger partial charge is 0.252 e. The molecule has 0 unspecified atom stereocenters. The molecule has 1 amide bonds. The van der Waals surface area contributed by atoms with Gasteiger partial charge in [0.25, 0.3) is 5.78 Å². The summed E-state index contributed by atoms with van der Waals surface area (Å²) in [6.45, 7) is 7.47. The third-order valence-electron chi connectivity index (χ3n) is 4.83. The highest BCUT2D eigenvalue weighted by Gasteiger charge is 2.15. The monoisotopic (exact) mass is 351 g/mol. The molecule has 136 valence electrons. The van der Waals surface area contributed by atoms with Gasteiger partial charge in [0.15, 0.2) is 0 Å². The van der Waals surface area contributed by atoms with Gasteiger partial charge in [0, 0.05) is 30.9 Å². The van der Waals surface area contributed by atoms with E-state index in [1.807, 2.05) is 43.9 Å². The molecule has 0 spiro atoms. The van der Waals surface area contributed by atoms with Crippen LogP contribution in [0.4, 0.5) is 0 Å². The molecule has 0 N–H and O–H groups in total. The molecule has 0 fully saturated rings. The molecule has 0 radical (unpaired) electrons. The average Bonchev–Trinajstić information content (AvgIpc) is 3.11. The zero-order valence-corrected chi connectivity index (χ0v) is 15.6. The van der Waals surface area contributed by atoms with Gasteiger partial charge < -0.3 is 4.90 Å². The average molecular weight is 351 g/mol. The van der Waals surface area contributed by atoms with Gasteiger partial charge in [0.2, 0.25) is 5.91 Å². The molecule has 2 heterocycles. The van der Waals surface area contributed by atoms with Crippen LogP contribution in [-0.4, -0.2) is 43.5 Å². The largest absolute Gasteiger partial charge is 0.343 e. The summed E-state index contributed by atoms with van der Waals surface area (Å²) in [5.74, 6) is 0.786. The molecule has 3 rings (SSSR count). The van der Waals surface area contributed by atoms with E-state index >= 15 is 0 Å². The van der Waals surface area contributed by atoms with Crippen LogP contribution >= 0.6 is 0 Å². The third kappa shape index (κ3) is 3.90. The van der Waals surface area contributed by atoms with E-state index in [4.69, 9.17) is 0 Å². The number of amides is 1. The molecular formula is C20H25N5O. The van der Waals surface area contributed by atoms with Crippen molar-refractivity contribution in [3.63, 3.8) is 0 Å². The summed E-state index contributed by atoms with van der Waals surface area (Å²) in [6, 6.07) is 10.3. The van der Waals surface area contributed by atoms with Crippen LogP contribution in [0, 0.1) is 13.8 Å². The molecule has 0 saturated carbocycles. The second-order valence-corrected chi connectivity index (χ2v) is 6.44. The number of hydrogen-bond acceptors (Lipinski definition) is 4. The first kappa shape index (κ1) is 18.0. The Balaban J connectivity index is 1.63. The summed E-state index contributed by atoms with van der Waals surface area (Å²) in [4.78, 5) is 23.2. The predicted molar refractivity (Wildman–Crippen MR) is 101 cm³/mol. The Bertz CT molecular complexity index is 888. The highest BCUT2D eigenvalue weighted by atomic mass is 16.2. The number of fused-ring (bicyclic) bond motifs is 1. The first-order valence-corrected chi connectivity index (χ1v) is 9.07. The fraction of sp³-hybridized carbons (Fsp3) is 0.400. The second kappa shape index (κ2) is 8.08. The van der Waals surface area contributed by atoms with Crippen molar-refractivity contribution in [1.82, 2.24) is 24.5 Å². The van der Waals surface area contributed by atoms with E-state index in [0.29, 0.717) is 18.6 Å². The first-order chi connectivity index (χ1) is 12.6. The van der Waals surface area contributed by atoms with Gasteiger partial charge >= 0.3 is 0 Å². The van der Waals surface area contributed by atoms with Crippen molar-refractivity contribution in [2.75, 3.05) is 13.1 Å². The van der Waals surface area contributed by atoms with Gasteiger partial charge in [0.05, 0.1) is 0 Å². The maximum Gasteiger partial charge on any atom is 0.252 e. The van der Waals surface area contributed by atoms with Crippen LogP contribution in [0.1, 0.15) is 35.9 Å². The van der Waals surface area contributed by atoms with Crippen LogP contribution in [0.3, 0.4) is 0 Å². The van der Waals surface area contributed by atoms with Crippen molar-refractivity contribution in [3.8, 4) is 0 Å². The lowest BCUT2D eigenvalue weighted by Crippen LogP contribution is -2.33. The highest BCUT2D eigenvalue weighted by molar-refractivity contribution is 5.76. The zero-order valence-electron chi connectivity index (χ0n) is 15.6. The fourth-order valence-electron chi connectivity index (χ4n) is 3.28. The number of carbonyl (C=O) groups is 1. The SMILES string of the molecule is CCN(CCc1ccccc1)C(=O)CCc1c(C)nc2ncnn2c1C. The lowest BCUT2D eigenvalue weighted by Gasteiger charge is -2.21. The van der Waals surface area contributed by atoms with Crippen LogP contribution < -0.4 is 0 Å². The third-order valence-corrected chi connectivity index (χ3v) is 4.83. The van der Waals surface area contributed by atoms with Gasteiger partial charge in [0.1, 0.15) is 6.33 Å². The maximum atomic E-state index is 12.7. The minimum Gasteiger partial charge on any atom is -0.343 e. The lowest BCUT2D eigenvalue weighted by atomic mass is 10.1. The number of rotatable bonds is 7. The molecule has 0 aliphatic rings. The molecule has 2 aromatic heterocycles. The maximum absolute atomic E-state index is 12.7. The predicted octanol–water partition coefficient (Wildman–Crippen LogP) is 2.76. The topological polar surface area (TPSA) is 63.4 Å². The van der Waals surface area contributed by atoms with Crippen molar-refractivity contribution < 1.29 is 4.79 Å². The van der Waals surface area contributed by atoms with E-state index in [1.165, 1.54) is 11.9 Å². The van der Waals surface area contributed by atoms with Gasteiger partial charge in [-0.05, 0) is 44.7 Å². The van der Waals surface area contributed by atoms with E-state index in [2.05, 4.69) is 27.2 Å². The first-order valence-electron chi connectivity index (χ1n) is 9.07. The number of nitrogens with zero attached hydrogens (tertiary/aromatic N) is 5. The molecule has 3 aromatic rings. The van der Waals surface area contributed by atoms with E-state index in [1.54, 1.807) is 4.52 Å². The minimum absolute atomic E-state index is 0.181. The number of hydrogen-bond donors (Lipinski definition) is 0. The number of likely N-dealkylation sites (N-methyl/N-ethyl adjacent to an activating group) is 1. The number of aryl methyl sites for hydroxylation is 2. The Morgan fingerprint density at radius 3 is 2.65 bits per heavy atom. The Labute approximate surface area is 153 Å². The van der Waals surface area contributed by atoms with Gasteiger partial charge in [-0.3, -0.25) is 4.79 Å². The van der Waals surface area contributed by atoms with Gasteiger partial charge in [-0.1, -0.05) is 30.3 Å². The molecule has 0 atom stereocenters. The lowest BCUT2D eigenvalue weighted by molar-refractivity contribution is -0.130. The van der Waals surface area contributed by atoms with Crippen LogP contribution in [0.5, 0.6) is 0 Å². The minimum atomic E-state index is 0.181. The van der Waals surface area contributed by atoms with Crippen molar-refractivity contribution in [2.24, 2.45) is 0 Å². The summed E-state index contributed by atoms with van der Waals surface area (Å²) < 4.78 is 1.74. The summed E-state index contributed by atoms with van der Waals surface area (Å²) >= 11 is 0. The van der Waals surface area contributed by atoms with E-state index in [-0.39, 0.29) is 5.91 Å². The molecule has 6 heteroatoms. The number of benzene rings is 1. The van der Waals surface area contributed by atoms with Crippen molar-refractivity contribution in [1.29, 1.82) is 0 Å². The van der Waals surface area contributed by atoms with Gasteiger partial charge in [-0.15, -0.1) is 0 Å². The standard InChI is InChI=1S/C20H25N5O/c1-4-24(13-12-17-8-6-5-7-9-17)19(26)11-10-18-15(2)23-20-21-14-22-25(20)16(18)3/h5-9,14H,4,10-13H2,1-3H3. The molecule has 0 aliphatic heterocycles. The van der Waals surface area contributed by atoms with Gasteiger partial charge in [-0.2, -0.15) is 10.1 Å². The van der Waals surface area contributed by atoms with E-state index < -0.39 is 0 Å². The Hall–Kier alpha value is -2.76. The van der Waals surface area contributed by atoms with E-state index in [9.17, 15) is 4.79 Å². The molecule has 6 nitrogen and oxygen atoms in total. The van der Waals surface area contributed by atoms with Crippen LogP contribution in [0.2, 0.25) is 0 Å².